The van der Waals surface area contributed by atoms with Crippen molar-refractivity contribution >= 4 is 34.4 Å². The zero-order valence-corrected chi connectivity index (χ0v) is 19.7. The van der Waals surface area contributed by atoms with Gasteiger partial charge in [-0.25, -0.2) is 9.98 Å². The van der Waals surface area contributed by atoms with Crippen molar-refractivity contribution in [1.29, 1.82) is 0 Å². The summed E-state index contributed by atoms with van der Waals surface area (Å²) in [5.41, 5.74) is 8.51. The minimum absolute atomic E-state index is 0.642. The number of halogens is 1. The summed E-state index contributed by atoms with van der Waals surface area (Å²) >= 11 is 6.41. The van der Waals surface area contributed by atoms with Crippen LogP contribution in [0.25, 0.3) is 0 Å². The fourth-order valence-corrected chi connectivity index (χ4v) is 3.73. The highest BCUT2D eigenvalue weighted by atomic mass is 35.5. The van der Waals surface area contributed by atoms with Crippen molar-refractivity contribution < 1.29 is 0 Å². The van der Waals surface area contributed by atoms with Gasteiger partial charge in [0.05, 0.1) is 40.2 Å². The van der Waals surface area contributed by atoms with Crippen LogP contribution >= 0.6 is 11.6 Å². The molecular weight excluding hydrogens is 404 g/mol. The van der Waals surface area contributed by atoms with Gasteiger partial charge in [-0.1, -0.05) is 62.7 Å². The summed E-state index contributed by atoms with van der Waals surface area (Å²) in [6.07, 6.45) is 6.23. The van der Waals surface area contributed by atoms with E-state index in [1.165, 1.54) is 11.1 Å². The molecule has 1 heterocycles. The number of rotatable bonds is 7. The quantitative estimate of drug-likeness (QED) is 0.374. The molecule has 0 aliphatic rings. The Labute approximate surface area is 190 Å². The molecule has 3 aromatic rings. The summed E-state index contributed by atoms with van der Waals surface area (Å²) in [6, 6.07) is 12.2. The van der Waals surface area contributed by atoms with Crippen LogP contribution in [0.4, 0.5) is 11.4 Å². The molecule has 0 spiro atoms. The van der Waals surface area contributed by atoms with E-state index in [-0.39, 0.29) is 0 Å². The van der Waals surface area contributed by atoms with Crippen LogP contribution in [0.2, 0.25) is 5.02 Å². The van der Waals surface area contributed by atoms with Gasteiger partial charge in [-0.15, -0.1) is 0 Å². The summed E-state index contributed by atoms with van der Waals surface area (Å²) in [5, 5.41) is 0.642. The van der Waals surface area contributed by atoms with Crippen LogP contribution in [0, 0.1) is 0 Å². The molecule has 0 aliphatic carbocycles. The van der Waals surface area contributed by atoms with Crippen molar-refractivity contribution in [3.05, 3.63) is 81.9 Å². The zero-order valence-electron chi connectivity index (χ0n) is 18.9. The lowest BCUT2D eigenvalue weighted by Crippen LogP contribution is -2.07. The molecule has 0 atom stereocenters. The highest BCUT2D eigenvalue weighted by Crippen LogP contribution is 2.30. The third-order valence-corrected chi connectivity index (χ3v) is 5.66. The molecule has 0 fully saturated rings. The van der Waals surface area contributed by atoms with Crippen LogP contribution < -0.4 is 0 Å². The predicted octanol–water partition coefficient (Wildman–Crippen LogP) is 7.10. The number of hydrogen-bond donors (Lipinski definition) is 0. The van der Waals surface area contributed by atoms with Gasteiger partial charge < -0.3 is 0 Å². The van der Waals surface area contributed by atoms with Crippen molar-refractivity contribution in [2.75, 3.05) is 0 Å². The summed E-state index contributed by atoms with van der Waals surface area (Å²) in [4.78, 5) is 18.9. The number of benzene rings is 2. The van der Waals surface area contributed by atoms with Gasteiger partial charge in [0.25, 0.3) is 0 Å². The highest BCUT2D eigenvalue weighted by Gasteiger charge is 2.11. The molecule has 0 aliphatic heterocycles. The van der Waals surface area contributed by atoms with Gasteiger partial charge in [-0.2, -0.15) is 0 Å². The number of para-hydroxylation sites is 2. The maximum Gasteiger partial charge on any atom is 0.103 e. The first-order chi connectivity index (χ1) is 15.0. The molecule has 0 amide bonds. The summed E-state index contributed by atoms with van der Waals surface area (Å²) < 4.78 is 0. The van der Waals surface area contributed by atoms with E-state index in [2.05, 4.69) is 44.0 Å². The molecule has 4 nitrogen and oxygen atoms in total. The molecule has 2 aromatic carbocycles. The lowest BCUT2D eigenvalue weighted by molar-refractivity contribution is 1.08. The van der Waals surface area contributed by atoms with E-state index >= 15 is 0 Å². The van der Waals surface area contributed by atoms with E-state index in [1.54, 1.807) is 12.4 Å². The first-order valence-electron chi connectivity index (χ1n) is 10.8. The molecule has 160 valence electrons. The Balaban J connectivity index is 2.00. The predicted molar refractivity (Wildman–Crippen MR) is 132 cm³/mol. The second-order valence-corrected chi connectivity index (χ2v) is 7.82. The van der Waals surface area contributed by atoms with Gasteiger partial charge in [-0.3, -0.25) is 9.98 Å². The van der Waals surface area contributed by atoms with Gasteiger partial charge in [0.2, 0.25) is 0 Å². The van der Waals surface area contributed by atoms with E-state index in [0.717, 1.165) is 53.3 Å². The number of aryl methyl sites for hydroxylation is 3. The number of nitrogens with zero attached hydrogens (tertiary/aromatic N) is 4. The Morgan fingerprint density at radius 3 is 1.71 bits per heavy atom. The average molecular weight is 433 g/mol. The van der Waals surface area contributed by atoms with Gasteiger partial charge in [0, 0.05) is 0 Å². The third-order valence-electron chi connectivity index (χ3n) is 5.35. The Morgan fingerprint density at radius 2 is 1.19 bits per heavy atom. The molecule has 0 N–H and O–H groups in total. The van der Waals surface area contributed by atoms with E-state index in [4.69, 9.17) is 26.6 Å². The maximum absolute atomic E-state index is 6.41. The second kappa shape index (κ2) is 10.5. The molecule has 1 aromatic heterocycles. The van der Waals surface area contributed by atoms with E-state index in [0.29, 0.717) is 10.7 Å². The Hall–Kier alpha value is -2.85. The van der Waals surface area contributed by atoms with Gasteiger partial charge in [-0.05, 0) is 55.9 Å². The van der Waals surface area contributed by atoms with E-state index < -0.39 is 0 Å². The second-order valence-electron chi connectivity index (χ2n) is 7.42. The lowest BCUT2D eigenvalue weighted by Gasteiger charge is -2.11. The van der Waals surface area contributed by atoms with Crippen LogP contribution in [0.3, 0.4) is 0 Å². The van der Waals surface area contributed by atoms with Crippen molar-refractivity contribution in [3.8, 4) is 0 Å². The molecular formula is C26H29ClN4. The largest absolute Gasteiger partial charge is 0.260 e. The molecule has 0 saturated heterocycles. The van der Waals surface area contributed by atoms with Crippen molar-refractivity contribution in [3.63, 3.8) is 0 Å². The van der Waals surface area contributed by atoms with Crippen molar-refractivity contribution in [2.24, 2.45) is 9.98 Å². The summed E-state index contributed by atoms with van der Waals surface area (Å²) in [6.45, 7) is 10.3. The topological polar surface area (TPSA) is 50.5 Å². The third kappa shape index (κ3) is 5.26. The summed E-state index contributed by atoms with van der Waals surface area (Å²) in [5.74, 6) is 0. The fraction of sp³-hybridized carbons (Fsp3) is 0.308. The van der Waals surface area contributed by atoms with Crippen LogP contribution in [0.5, 0.6) is 0 Å². The molecule has 0 bridgehead atoms. The fourth-order valence-electron chi connectivity index (χ4n) is 3.49. The molecule has 0 unspecified atom stereocenters. The average Bonchev–Trinajstić information content (AvgIpc) is 2.80. The first-order valence-corrected chi connectivity index (χ1v) is 11.2. The van der Waals surface area contributed by atoms with Crippen LogP contribution in [-0.4, -0.2) is 21.4 Å². The number of aliphatic imine (C=N–C) groups is 2. The zero-order chi connectivity index (χ0) is 22.4. The van der Waals surface area contributed by atoms with Gasteiger partial charge >= 0.3 is 0 Å². The van der Waals surface area contributed by atoms with Crippen LogP contribution in [0.15, 0.2) is 58.8 Å². The SMILES string of the molecule is CCc1cccc(Cl)c1N=C(C)c1cncc(C(C)=Nc2c(CC)cccc2CC)n1. The number of aromatic nitrogens is 2. The van der Waals surface area contributed by atoms with E-state index in [1.807, 2.05) is 32.0 Å². The number of hydrogen-bond acceptors (Lipinski definition) is 4. The van der Waals surface area contributed by atoms with Crippen LogP contribution in [0.1, 0.15) is 62.7 Å². The van der Waals surface area contributed by atoms with Crippen molar-refractivity contribution in [1.82, 2.24) is 9.97 Å². The Morgan fingerprint density at radius 1 is 0.742 bits per heavy atom. The minimum atomic E-state index is 0.642. The Bertz CT molecular complexity index is 1110. The maximum atomic E-state index is 6.41. The normalized spacial score (nSPS) is 12.3. The molecule has 31 heavy (non-hydrogen) atoms. The highest BCUT2D eigenvalue weighted by molar-refractivity contribution is 6.33. The standard InChI is InChI=1S/C26H29ClN4/c1-6-19-11-9-12-20(7-2)25(19)29-17(4)23-15-28-16-24(31-23)18(5)30-26-21(8-3)13-10-14-22(26)27/h9-16H,6-8H2,1-5H3. The monoisotopic (exact) mass is 432 g/mol. The van der Waals surface area contributed by atoms with Gasteiger partial charge in [0.15, 0.2) is 0 Å². The van der Waals surface area contributed by atoms with Gasteiger partial charge in [0.1, 0.15) is 11.4 Å². The lowest BCUT2D eigenvalue weighted by atomic mass is 10.0. The minimum Gasteiger partial charge on any atom is -0.260 e. The molecule has 5 heteroatoms. The molecule has 3 rings (SSSR count). The first kappa shape index (κ1) is 22.8. The van der Waals surface area contributed by atoms with Crippen LogP contribution in [-0.2, 0) is 19.3 Å². The summed E-state index contributed by atoms with van der Waals surface area (Å²) in [7, 11) is 0. The Kier molecular flexibility index (Phi) is 7.69. The van der Waals surface area contributed by atoms with Crippen molar-refractivity contribution in [2.45, 2.75) is 53.9 Å². The van der Waals surface area contributed by atoms with E-state index in [9.17, 15) is 0 Å². The smallest absolute Gasteiger partial charge is 0.103 e. The molecule has 0 radical (unpaired) electrons. The molecule has 0 saturated carbocycles.